The third-order valence-electron chi connectivity index (χ3n) is 5.37. The fourth-order valence-electron chi connectivity index (χ4n) is 3.87. The molecule has 0 fully saturated rings. The Morgan fingerprint density at radius 1 is 0.967 bits per heavy atom. The van der Waals surface area contributed by atoms with Crippen LogP contribution in [0.15, 0.2) is 58.1 Å². The molecule has 0 amide bonds. The predicted octanol–water partition coefficient (Wildman–Crippen LogP) is 2.40. The lowest BCUT2D eigenvalue weighted by molar-refractivity contribution is 0.809. The van der Waals surface area contributed by atoms with E-state index in [-0.39, 0.29) is 0 Å². The number of hydrogen-bond acceptors (Lipinski definition) is 4. The maximum absolute atomic E-state index is 12.8. The number of hydrogen-bond donors (Lipinski definition) is 1. The molecule has 30 heavy (non-hydrogen) atoms. The lowest BCUT2D eigenvalue weighted by atomic mass is 10.1. The standard InChI is InChI=1S/C22H20N6O2/c1-13-7-9-16(10-8-13)18-24-25-21-27(12-15-6-4-5-14(2)11-15)17-19(29)23-22(30)26(3)20(17)28(18)21/h4-11H,12H2,1-3H3,(H,23,29,30). The van der Waals surface area contributed by atoms with Crippen molar-refractivity contribution in [1.82, 2.24) is 28.7 Å². The molecule has 0 radical (unpaired) electrons. The number of rotatable bonds is 3. The average Bonchev–Trinajstić information content (AvgIpc) is 3.26. The van der Waals surface area contributed by atoms with E-state index in [2.05, 4.69) is 21.2 Å². The number of imidazole rings is 1. The molecule has 3 aromatic heterocycles. The van der Waals surface area contributed by atoms with Crippen molar-refractivity contribution in [2.45, 2.75) is 20.4 Å². The summed E-state index contributed by atoms with van der Waals surface area (Å²) in [5, 5.41) is 8.78. The van der Waals surface area contributed by atoms with E-state index in [9.17, 15) is 9.59 Å². The summed E-state index contributed by atoms with van der Waals surface area (Å²) in [4.78, 5) is 27.6. The predicted molar refractivity (Wildman–Crippen MR) is 115 cm³/mol. The highest BCUT2D eigenvalue weighted by molar-refractivity contribution is 5.79. The molecule has 150 valence electrons. The minimum atomic E-state index is -0.481. The molecule has 0 bridgehead atoms. The highest BCUT2D eigenvalue weighted by Crippen LogP contribution is 2.25. The largest absolute Gasteiger partial charge is 0.329 e. The van der Waals surface area contributed by atoms with E-state index < -0.39 is 11.2 Å². The van der Waals surface area contributed by atoms with Crippen LogP contribution in [0.3, 0.4) is 0 Å². The van der Waals surface area contributed by atoms with Crippen LogP contribution in [0, 0.1) is 13.8 Å². The van der Waals surface area contributed by atoms with Gasteiger partial charge in [-0.05, 0) is 19.4 Å². The number of aromatic amines is 1. The van der Waals surface area contributed by atoms with E-state index in [1.807, 2.05) is 60.9 Å². The van der Waals surface area contributed by atoms with E-state index in [1.54, 1.807) is 11.4 Å². The number of aryl methyl sites for hydroxylation is 3. The fourth-order valence-corrected chi connectivity index (χ4v) is 3.87. The van der Waals surface area contributed by atoms with E-state index >= 15 is 0 Å². The van der Waals surface area contributed by atoms with Gasteiger partial charge in [-0.25, -0.2) is 9.20 Å². The zero-order chi connectivity index (χ0) is 21.0. The number of aromatic nitrogens is 6. The highest BCUT2D eigenvalue weighted by atomic mass is 16.2. The van der Waals surface area contributed by atoms with Gasteiger partial charge in [0.25, 0.3) is 5.56 Å². The molecule has 8 nitrogen and oxygen atoms in total. The SMILES string of the molecule is Cc1ccc(-c2nnc3n(Cc4cccc(C)c4)c4c(=O)[nH]c(=O)n(C)c4n23)cc1. The molecule has 0 aliphatic heterocycles. The summed E-state index contributed by atoms with van der Waals surface area (Å²) in [6.07, 6.45) is 0. The van der Waals surface area contributed by atoms with Gasteiger partial charge in [-0.1, -0.05) is 59.7 Å². The molecule has 1 N–H and O–H groups in total. The van der Waals surface area contributed by atoms with Crippen LogP contribution in [0.4, 0.5) is 0 Å². The Bertz CT molecular complexity index is 1530. The lowest BCUT2D eigenvalue weighted by Gasteiger charge is -2.06. The van der Waals surface area contributed by atoms with Crippen LogP contribution in [0.25, 0.3) is 28.3 Å². The van der Waals surface area contributed by atoms with Gasteiger partial charge in [-0.15, -0.1) is 10.2 Å². The Hall–Kier alpha value is -3.94. The Morgan fingerprint density at radius 2 is 1.73 bits per heavy atom. The summed E-state index contributed by atoms with van der Waals surface area (Å²) in [5.74, 6) is 1.09. The van der Waals surface area contributed by atoms with Gasteiger partial charge in [0.05, 0.1) is 6.54 Å². The van der Waals surface area contributed by atoms with E-state index in [0.29, 0.717) is 29.3 Å². The zero-order valence-corrected chi connectivity index (χ0v) is 16.9. The topological polar surface area (TPSA) is 90.0 Å². The number of nitrogens with one attached hydrogen (secondary N) is 1. The van der Waals surface area contributed by atoms with Crippen molar-refractivity contribution in [2.75, 3.05) is 0 Å². The molecule has 0 unspecified atom stereocenters. The fraction of sp³-hybridized carbons (Fsp3) is 0.182. The molecule has 0 saturated heterocycles. The van der Waals surface area contributed by atoms with Crippen LogP contribution >= 0.6 is 0 Å². The molecular formula is C22H20N6O2. The third kappa shape index (κ3) is 2.68. The van der Waals surface area contributed by atoms with Crippen molar-refractivity contribution >= 4 is 16.9 Å². The van der Waals surface area contributed by atoms with Crippen molar-refractivity contribution in [3.05, 3.63) is 86.1 Å². The third-order valence-corrected chi connectivity index (χ3v) is 5.37. The summed E-state index contributed by atoms with van der Waals surface area (Å²) >= 11 is 0. The minimum Gasteiger partial charge on any atom is -0.298 e. The zero-order valence-electron chi connectivity index (χ0n) is 16.9. The monoisotopic (exact) mass is 400 g/mol. The van der Waals surface area contributed by atoms with E-state index in [0.717, 1.165) is 22.3 Å². The normalized spacial score (nSPS) is 11.6. The lowest BCUT2D eigenvalue weighted by Crippen LogP contribution is -2.29. The number of H-pyrrole nitrogens is 1. The number of nitrogens with zero attached hydrogens (tertiary/aromatic N) is 5. The first-order valence-electron chi connectivity index (χ1n) is 9.63. The summed E-state index contributed by atoms with van der Waals surface area (Å²) in [6.45, 7) is 4.47. The molecule has 5 aromatic rings. The molecule has 2 aromatic carbocycles. The Labute approximate surface area is 171 Å². The van der Waals surface area contributed by atoms with Crippen LogP contribution in [-0.4, -0.2) is 28.7 Å². The van der Waals surface area contributed by atoms with Gasteiger partial charge < -0.3 is 0 Å². The van der Waals surface area contributed by atoms with Gasteiger partial charge in [0.15, 0.2) is 17.0 Å². The van der Waals surface area contributed by atoms with Crippen LogP contribution in [0.2, 0.25) is 0 Å². The first-order chi connectivity index (χ1) is 14.4. The molecule has 0 aliphatic carbocycles. The first-order valence-corrected chi connectivity index (χ1v) is 9.63. The first kappa shape index (κ1) is 18.1. The molecule has 3 heterocycles. The van der Waals surface area contributed by atoms with Crippen molar-refractivity contribution in [2.24, 2.45) is 7.05 Å². The smallest absolute Gasteiger partial charge is 0.298 e. The molecule has 8 heteroatoms. The van der Waals surface area contributed by atoms with Crippen LogP contribution in [0.5, 0.6) is 0 Å². The Morgan fingerprint density at radius 3 is 2.47 bits per heavy atom. The second-order valence-electron chi connectivity index (χ2n) is 7.59. The van der Waals surface area contributed by atoms with Gasteiger partial charge in [0.2, 0.25) is 5.78 Å². The molecule has 5 rings (SSSR count). The Kier molecular flexibility index (Phi) is 3.95. The van der Waals surface area contributed by atoms with Gasteiger partial charge in [0, 0.05) is 12.6 Å². The van der Waals surface area contributed by atoms with Crippen molar-refractivity contribution in [3.63, 3.8) is 0 Å². The number of fused-ring (bicyclic) bond motifs is 3. The molecule has 0 atom stereocenters. The summed E-state index contributed by atoms with van der Waals surface area (Å²) in [5.41, 5.74) is 4.07. The minimum absolute atomic E-state index is 0.386. The van der Waals surface area contributed by atoms with Gasteiger partial charge in [0.1, 0.15) is 0 Å². The van der Waals surface area contributed by atoms with Gasteiger partial charge in [-0.3, -0.25) is 18.9 Å². The maximum atomic E-state index is 12.8. The van der Waals surface area contributed by atoms with Crippen LogP contribution in [-0.2, 0) is 13.6 Å². The highest BCUT2D eigenvalue weighted by Gasteiger charge is 2.23. The summed E-state index contributed by atoms with van der Waals surface area (Å²) in [6, 6.07) is 16.0. The molecule has 0 spiro atoms. The van der Waals surface area contributed by atoms with Gasteiger partial charge in [-0.2, -0.15) is 0 Å². The molecule has 0 saturated carbocycles. The quantitative estimate of drug-likeness (QED) is 0.504. The Balaban J connectivity index is 1.88. The molecular weight excluding hydrogens is 380 g/mol. The van der Waals surface area contributed by atoms with Crippen molar-refractivity contribution in [1.29, 1.82) is 0 Å². The van der Waals surface area contributed by atoms with Gasteiger partial charge >= 0.3 is 5.69 Å². The summed E-state index contributed by atoms with van der Waals surface area (Å²) < 4.78 is 5.02. The van der Waals surface area contributed by atoms with E-state index in [1.165, 1.54) is 4.57 Å². The maximum Gasteiger partial charge on any atom is 0.329 e. The van der Waals surface area contributed by atoms with Crippen LogP contribution in [0.1, 0.15) is 16.7 Å². The molecule has 0 aliphatic rings. The second kappa shape index (κ2) is 6.55. The van der Waals surface area contributed by atoms with Crippen molar-refractivity contribution < 1.29 is 0 Å². The van der Waals surface area contributed by atoms with Crippen molar-refractivity contribution in [3.8, 4) is 11.4 Å². The van der Waals surface area contributed by atoms with Crippen LogP contribution < -0.4 is 11.2 Å². The number of benzene rings is 2. The summed E-state index contributed by atoms with van der Waals surface area (Å²) in [7, 11) is 1.63. The van der Waals surface area contributed by atoms with E-state index in [4.69, 9.17) is 0 Å². The second-order valence-corrected chi connectivity index (χ2v) is 7.59. The average molecular weight is 400 g/mol.